The SMILES string of the molecule is O=C(CCCCC(=O)OCC(F)(F)C(F)(F)F)OCC(F)(F)C(F)(F)F. The Morgan fingerprint density at radius 1 is 0.577 bits per heavy atom. The standard InChI is InChI=1S/C12H12F10O4/c13-9(14,11(17,18)19)5-25-7(23)3-1-2-4-8(24)26-6-10(15,16)12(20,21)22/h1-6H2. The zero-order valence-corrected chi connectivity index (χ0v) is 12.7. The largest absolute Gasteiger partial charge is 0.459 e. The van der Waals surface area contributed by atoms with Gasteiger partial charge in [0.2, 0.25) is 0 Å². The number of rotatable bonds is 9. The summed E-state index contributed by atoms with van der Waals surface area (Å²) < 4.78 is 128. The summed E-state index contributed by atoms with van der Waals surface area (Å²) in [6.07, 6.45) is -13.8. The van der Waals surface area contributed by atoms with Crippen molar-refractivity contribution in [2.75, 3.05) is 13.2 Å². The van der Waals surface area contributed by atoms with E-state index in [0.29, 0.717) is 0 Å². The van der Waals surface area contributed by atoms with E-state index in [1.807, 2.05) is 0 Å². The van der Waals surface area contributed by atoms with Gasteiger partial charge in [0, 0.05) is 12.8 Å². The molecule has 0 rings (SSSR count). The van der Waals surface area contributed by atoms with Crippen LogP contribution in [0.25, 0.3) is 0 Å². The van der Waals surface area contributed by atoms with Gasteiger partial charge in [-0.1, -0.05) is 0 Å². The van der Waals surface area contributed by atoms with Gasteiger partial charge in [-0.15, -0.1) is 0 Å². The van der Waals surface area contributed by atoms with Gasteiger partial charge < -0.3 is 9.47 Å². The molecule has 0 aromatic carbocycles. The van der Waals surface area contributed by atoms with Crippen molar-refractivity contribution in [1.29, 1.82) is 0 Å². The first-order valence-electron chi connectivity index (χ1n) is 6.70. The first-order valence-corrected chi connectivity index (χ1v) is 6.70. The second-order valence-corrected chi connectivity index (χ2v) is 4.93. The zero-order valence-electron chi connectivity index (χ0n) is 12.7. The van der Waals surface area contributed by atoms with Crippen LogP contribution in [0.5, 0.6) is 0 Å². The number of carbonyl (C=O) groups is 2. The summed E-state index contributed by atoms with van der Waals surface area (Å²) >= 11 is 0. The number of hydrogen-bond acceptors (Lipinski definition) is 4. The highest BCUT2D eigenvalue weighted by Crippen LogP contribution is 2.36. The number of esters is 2. The fourth-order valence-electron chi connectivity index (χ4n) is 1.19. The molecule has 0 aliphatic rings. The van der Waals surface area contributed by atoms with Crippen molar-refractivity contribution in [3.05, 3.63) is 0 Å². The molecule has 0 aromatic rings. The second-order valence-electron chi connectivity index (χ2n) is 4.93. The molecule has 0 saturated heterocycles. The van der Waals surface area contributed by atoms with Gasteiger partial charge >= 0.3 is 36.1 Å². The van der Waals surface area contributed by atoms with Crippen LogP contribution in [0.3, 0.4) is 0 Å². The van der Waals surface area contributed by atoms with Gasteiger partial charge in [0.1, 0.15) is 0 Å². The van der Waals surface area contributed by atoms with Gasteiger partial charge in [-0.3, -0.25) is 9.59 Å². The molecule has 26 heavy (non-hydrogen) atoms. The predicted octanol–water partition coefficient (Wildman–Crippen LogP) is 4.03. The van der Waals surface area contributed by atoms with E-state index in [9.17, 15) is 53.5 Å². The molecule has 4 nitrogen and oxygen atoms in total. The molecule has 0 saturated carbocycles. The molecule has 0 fully saturated rings. The normalized spacial score (nSPS) is 13.5. The molecule has 0 bridgehead atoms. The topological polar surface area (TPSA) is 52.6 Å². The van der Waals surface area contributed by atoms with Gasteiger partial charge in [-0.25, -0.2) is 0 Å². The minimum Gasteiger partial charge on any atom is -0.459 e. The Hall–Kier alpha value is -1.76. The van der Waals surface area contributed by atoms with Gasteiger partial charge in [-0.05, 0) is 12.8 Å². The van der Waals surface area contributed by atoms with Gasteiger partial charge in [-0.2, -0.15) is 43.9 Å². The van der Waals surface area contributed by atoms with E-state index in [1.54, 1.807) is 0 Å². The maximum Gasteiger partial charge on any atom is 0.456 e. The number of hydrogen-bond donors (Lipinski definition) is 0. The zero-order chi connectivity index (χ0) is 20.8. The number of halogens is 10. The molecule has 14 heteroatoms. The average Bonchev–Trinajstić information content (AvgIpc) is 2.45. The molecule has 0 N–H and O–H groups in total. The first kappa shape index (κ1) is 24.2. The Bertz CT molecular complexity index is 439. The van der Waals surface area contributed by atoms with E-state index in [1.165, 1.54) is 0 Å². The Balaban J connectivity index is 4.02. The molecule has 0 aliphatic carbocycles. The maximum absolute atomic E-state index is 12.4. The van der Waals surface area contributed by atoms with E-state index < -0.39 is 62.2 Å². The summed E-state index contributed by atoms with van der Waals surface area (Å²) in [6.45, 7) is -4.46. The molecule has 0 heterocycles. The minimum atomic E-state index is -5.91. The van der Waals surface area contributed by atoms with Crippen LogP contribution in [-0.2, 0) is 19.1 Å². The molecule has 0 unspecified atom stereocenters. The highest BCUT2D eigenvalue weighted by Gasteiger charge is 2.59. The van der Waals surface area contributed by atoms with Crippen molar-refractivity contribution in [3.63, 3.8) is 0 Å². The fraction of sp³-hybridized carbons (Fsp3) is 0.833. The number of unbranched alkanes of at least 4 members (excludes halogenated alkanes) is 1. The quantitative estimate of drug-likeness (QED) is 0.327. The third-order valence-corrected chi connectivity index (χ3v) is 2.67. The van der Waals surface area contributed by atoms with Crippen molar-refractivity contribution < 1.29 is 63.0 Å². The summed E-state index contributed by atoms with van der Waals surface area (Å²) in [7, 11) is 0. The van der Waals surface area contributed by atoms with E-state index in [-0.39, 0.29) is 12.8 Å². The number of carbonyl (C=O) groups excluding carboxylic acids is 2. The molecule has 0 aromatic heterocycles. The molecule has 154 valence electrons. The van der Waals surface area contributed by atoms with Crippen LogP contribution in [0.1, 0.15) is 25.7 Å². The summed E-state index contributed by atoms with van der Waals surface area (Å²) in [5.74, 6) is -13.4. The lowest BCUT2D eigenvalue weighted by molar-refractivity contribution is -0.294. The molecular weight excluding hydrogens is 398 g/mol. The van der Waals surface area contributed by atoms with E-state index >= 15 is 0 Å². The third-order valence-electron chi connectivity index (χ3n) is 2.67. The Morgan fingerprint density at radius 3 is 1.08 bits per heavy atom. The van der Waals surface area contributed by atoms with E-state index in [0.717, 1.165) is 0 Å². The molecule has 0 aliphatic heterocycles. The molecule has 0 radical (unpaired) electrons. The van der Waals surface area contributed by atoms with Crippen LogP contribution in [0, 0.1) is 0 Å². The monoisotopic (exact) mass is 410 g/mol. The van der Waals surface area contributed by atoms with Crippen molar-refractivity contribution >= 4 is 11.9 Å². The molecule has 0 spiro atoms. The first-order chi connectivity index (χ1) is 11.5. The molecular formula is C12H12F10O4. The summed E-state index contributed by atoms with van der Waals surface area (Å²) in [6, 6.07) is 0. The van der Waals surface area contributed by atoms with Gasteiger partial charge in [0.25, 0.3) is 0 Å². The Kier molecular flexibility index (Phi) is 8.16. The number of ether oxygens (including phenoxy) is 2. The van der Waals surface area contributed by atoms with Crippen LogP contribution in [-0.4, -0.2) is 49.4 Å². The van der Waals surface area contributed by atoms with Crippen molar-refractivity contribution in [2.45, 2.75) is 49.9 Å². The molecule has 0 atom stereocenters. The average molecular weight is 410 g/mol. The number of alkyl halides is 10. The lowest BCUT2D eigenvalue weighted by atomic mass is 10.2. The fourth-order valence-corrected chi connectivity index (χ4v) is 1.19. The van der Waals surface area contributed by atoms with Crippen LogP contribution in [0.15, 0.2) is 0 Å². The maximum atomic E-state index is 12.4. The highest BCUT2D eigenvalue weighted by atomic mass is 19.4. The predicted molar refractivity (Wildman–Crippen MR) is 62.4 cm³/mol. The smallest absolute Gasteiger partial charge is 0.456 e. The lowest BCUT2D eigenvalue weighted by Gasteiger charge is -2.19. The van der Waals surface area contributed by atoms with E-state index in [4.69, 9.17) is 0 Å². The Morgan fingerprint density at radius 2 is 0.846 bits per heavy atom. The summed E-state index contributed by atoms with van der Waals surface area (Å²) in [5, 5.41) is 0. The van der Waals surface area contributed by atoms with Crippen molar-refractivity contribution in [2.24, 2.45) is 0 Å². The highest BCUT2D eigenvalue weighted by molar-refractivity contribution is 5.70. The van der Waals surface area contributed by atoms with Crippen molar-refractivity contribution in [1.82, 2.24) is 0 Å². The second kappa shape index (κ2) is 8.75. The van der Waals surface area contributed by atoms with Gasteiger partial charge in [0.15, 0.2) is 13.2 Å². The van der Waals surface area contributed by atoms with E-state index in [2.05, 4.69) is 9.47 Å². The van der Waals surface area contributed by atoms with Crippen LogP contribution in [0.2, 0.25) is 0 Å². The van der Waals surface area contributed by atoms with Crippen molar-refractivity contribution in [3.8, 4) is 0 Å². The van der Waals surface area contributed by atoms with Crippen LogP contribution in [0.4, 0.5) is 43.9 Å². The van der Waals surface area contributed by atoms with Crippen LogP contribution < -0.4 is 0 Å². The van der Waals surface area contributed by atoms with Crippen LogP contribution >= 0.6 is 0 Å². The summed E-state index contributed by atoms with van der Waals surface area (Å²) in [5.41, 5.74) is 0. The summed E-state index contributed by atoms with van der Waals surface area (Å²) in [4.78, 5) is 21.9. The minimum absolute atomic E-state index is 0.290. The van der Waals surface area contributed by atoms with Gasteiger partial charge in [0.05, 0.1) is 0 Å². The molecule has 0 amide bonds. The lowest BCUT2D eigenvalue weighted by Crippen LogP contribution is -2.41. The third kappa shape index (κ3) is 8.08. The Labute approximate surface area is 139 Å².